The van der Waals surface area contributed by atoms with Gasteiger partial charge in [-0.05, 0) is 55.1 Å². The fraction of sp³-hybridized carbons (Fsp3) is 0.655. The topological polar surface area (TPSA) is 0 Å². The molecule has 0 aromatic heterocycles. The lowest BCUT2D eigenvalue weighted by Gasteiger charge is -2.33. The second-order valence-corrected chi connectivity index (χ2v) is 10.0. The van der Waals surface area contributed by atoms with E-state index in [-0.39, 0.29) is 0 Å². The van der Waals surface area contributed by atoms with Gasteiger partial charge in [0.2, 0.25) is 0 Å². The lowest BCUT2D eigenvalue weighted by molar-refractivity contribution is 0.218. The summed E-state index contributed by atoms with van der Waals surface area (Å²) in [6.45, 7) is 3.89. The Labute approximate surface area is 189 Å². The molecule has 1 aromatic rings. The molecular weight excluding hydrogens is 386 g/mol. The maximum atomic E-state index is 14.3. The summed E-state index contributed by atoms with van der Waals surface area (Å²) in [5, 5.41) is 0. The van der Waals surface area contributed by atoms with E-state index in [4.69, 9.17) is 0 Å². The number of halogens is 2. The average molecular weight is 429 g/mol. The average Bonchev–Trinajstić information content (AvgIpc) is 2.80. The van der Waals surface area contributed by atoms with Gasteiger partial charge in [0.05, 0.1) is 0 Å². The van der Waals surface area contributed by atoms with Crippen molar-refractivity contribution in [3.8, 4) is 0 Å². The van der Waals surface area contributed by atoms with Crippen LogP contribution < -0.4 is 0 Å². The summed E-state index contributed by atoms with van der Waals surface area (Å²) in [5.41, 5.74) is 1.59. The Morgan fingerprint density at radius 3 is 2.16 bits per heavy atom. The molecule has 0 nitrogen and oxygen atoms in total. The third-order valence-electron chi connectivity index (χ3n) is 7.68. The van der Waals surface area contributed by atoms with Gasteiger partial charge in [-0.15, -0.1) is 0 Å². The standard InChI is InChI=1S/C29H42F2/c1-3-4-5-6-7-8-9-10-11-23-13-15-24(16-14-23)25-17-19-26(20-18-25)27-21-12-22(2)28(30)29(27)31/h12,17,19-21,23-25H,3-11,13-16,18H2,1-2H3/t23-,24-,25?. The Balaban J connectivity index is 1.35. The highest BCUT2D eigenvalue weighted by atomic mass is 19.2. The van der Waals surface area contributed by atoms with Crippen LogP contribution in [0.1, 0.15) is 108 Å². The normalized spacial score (nSPS) is 23.7. The van der Waals surface area contributed by atoms with E-state index in [9.17, 15) is 8.78 Å². The molecule has 0 bridgehead atoms. The SMILES string of the molecule is CCCCCCCCCC[C@H]1CC[C@H](C2C=CC(c3ccc(C)c(F)c3F)=CC2)CC1. The first kappa shape index (κ1) is 24.2. The maximum absolute atomic E-state index is 14.3. The summed E-state index contributed by atoms with van der Waals surface area (Å²) in [6, 6.07) is 3.38. The minimum absolute atomic E-state index is 0.364. The molecule has 0 saturated heterocycles. The van der Waals surface area contributed by atoms with Crippen LogP contribution in [0.2, 0.25) is 0 Å². The first-order chi connectivity index (χ1) is 15.1. The first-order valence-corrected chi connectivity index (χ1v) is 12.9. The second-order valence-electron chi connectivity index (χ2n) is 10.0. The van der Waals surface area contributed by atoms with Gasteiger partial charge in [-0.3, -0.25) is 0 Å². The molecule has 1 aromatic carbocycles. The number of benzene rings is 1. The van der Waals surface area contributed by atoms with Crippen LogP contribution in [0.3, 0.4) is 0 Å². The Morgan fingerprint density at radius 1 is 0.839 bits per heavy atom. The Bertz CT molecular complexity index is 737. The number of unbranched alkanes of at least 4 members (excludes halogenated alkanes) is 7. The highest BCUT2D eigenvalue weighted by Crippen LogP contribution is 2.40. The van der Waals surface area contributed by atoms with E-state index in [2.05, 4.69) is 19.1 Å². The monoisotopic (exact) mass is 428 g/mol. The van der Waals surface area contributed by atoms with Gasteiger partial charge in [-0.2, -0.15) is 0 Å². The molecular formula is C29H42F2. The predicted octanol–water partition coefficient (Wildman–Crippen LogP) is 9.57. The van der Waals surface area contributed by atoms with Crippen molar-refractivity contribution >= 4 is 5.57 Å². The van der Waals surface area contributed by atoms with Crippen LogP contribution in [0.5, 0.6) is 0 Å². The Hall–Kier alpha value is -1.44. The molecule has 31 heavy (non-hydrogen) atoms. The zero-order chi connectivity index (χ0) is 22.1. The minimum atomic E-state index is -0.719. The van der Waals surface area contributed by atoms with E-state index in [1.54, 1.807) is 19.1 Å². The van der Waals surface area contributed by atoms with Gasteiger partial charge < -0.3 is 0 Å². The first-order valence-electron chi connectivity index (χ1n) is 12.9. The third kappa shape index (κ3) is 7.02. The van der Waals surface area contributed by atoms with Crippen molar-refractivity contribution in [2.24, 2.45) is 17.8 Å². The molecule has 0 spiro atoms. The van der Waals surface area contributed by atoms with Crippen molar-refractivity contribution in [1.82, 2.24) is 0 Å². The van der Waals surface area contributed by atoms with Crippen molar-refractivity contribution in [2.75, 3.05) is 0 Å². The van der Waals surface area contributed by atoms with Crippen molar-refractivity contribution in [3.63, 3.8) is 0 Å². The summed E-state index contributed by atoms with van der Waals surface area (Å²) in [7, 11) is 0. The van der Waals surface area contributed by atoms with E-state index < -0.39 is 11.6 Å². The van der Waals surface area contributed by atoms with Crippen molar-refractivity contribution < 1.29 is 8.78 Å². The summed E-state index contributed by atoms with van der Waals surface area (Å²) < 4.78 is 28.2. The van der Waals surface area contributed by atoms with Crippen LogP contribution in [-0.2, 0) is 0 Å². The van der Waals surface area contributed by atoms with E-state index in [0.717, 1.165) is 23.8 Å². The highest BCUT2D eigenvalue weighted by molar-refractivity contribution is 5.75. The molecule has 172 valence electrons. The fourth-order valence-electron chi connectivity index (χ4n) is 5.53. The molecule has 3 rings (SSSR count). The van der Waals surface area contributed by atoms with E-state index >= 15 is 0 Å². The molecule has 0 aliphatic heterocycles. The molecule has 2 aliphatic carbocycles. The van der Waals surface area contributed by atoms with Crippen molar-refractivity contribution in [3.05, 3.63) is 53.1 Å². The van der Waals surface area contributed by atoms with Crippen LogP contribution in [0.4, 0.5) is 8.78 Å². The number of allylic oxidation sites excluding steroid dienone is 4. The second kappa shape index (κ2) is 12.6. The quantitative estimate of drug-likeness (QED) is 0.308. The van der Waals surface area contributed by atoms with Gasteiger partial charge >= 0.3 is 0 Å². The van der Waals surface area contributed by atoms with Gasteiger partial charge in [0.1, 0.15) is 0 Å². The van der Waals surface area contributed by atoms with Gasteiger partial charge in [-0.25, -0.2) is 8.78 Å². The summed E-state index contributed by atoms with van der Waals surface area (Å²) >= 11 is 0. The third-order valence-corrected chi connectivity index (χ3v) is 7.68. The lowest BCUT2D eigenvalue weighted by Crippen LogP contribution is -2.21. The molecule has 1 saturated carbocycles. The summed E-state index contributed by atoms with van der Waals surface area (Å²) in [4.78, 5) is 0. The van der Waals surface area contributed by atoms with Crippen LogP contribution in [0.15, 0.2) is 30.4 Å². The number of hydrogen-bond acceptors (Lipinski definition) is 0. The predicted molar refractivity (Wildman–Crippen MR) is 129 cm³/mol. The smallest absolute Gasteiger partial charge is 0.166 e. The Morgan fingerprint density at radius 2 is 1.52 bits per heavy atom. The van der Waals surface area contributed by atoms with Gasteiger partial charge in [-0.1, -0.05) is 108 Å². The molecule has 0 N–H and O–H groups in total. The molecule has 0 amide bonds. The minimum Gasteiger partial charge on any atom is -0.203 e. The zero-order valence-electron chi connectivity index (χ0n) is 19.8. The van der Waals surface area contributed by atoms with Crippen LogP contribution in [0, 0.1) is 36.3 Å². The maximum Gasteiger partial charge on any atom is 0.166 e. The Kier molecular flexibility index (Phi) is 9.81. The fourth-order valence-corrected chi connectivity index (χ4v) is 5.53. The molecule has 2 heteroatoms. The molecule has 1 atom stereocenters. The van der Waals surface area contributed by atoms with Crippen LogP contribution >= 0.6 is 0 Å². The van der Waals surface area contributed by atoms with Crippen molar-refractivity contribution in [2.45, 2.75) is 104 Å². The number of rotatable bonds is 11. The van der Waals surface area contributed by atoms with E-state index in [0.29, 0.717) is 17.0 Å². The van der Waals surface area contributed by atoms with E-state index in [1.807, 2.05) is 6.08 Å². The highest BCUT2D eigenvalue weighted by Gasteiger charge is 2.27. The molecule has 1 fully saturated rings. The lowest BCUT2D eigenvalue weighted by atomic mass is 9.72. The number of aryl methyl sites for hydroxylation is 1. The molecule has 0 radical (unpaired) electrons. The number of hydrogen-bond donors (Lipinski definition) is 0. The van der Waals surface area contributed by atoms with E-state index in [1.165, 1.54) is 83.5 Å². The van der Waals surface area contributed by atoms with Crippen molar-refractivity contribution in [1.29, 1.82) is 0 Å². The van der Waals surface area contributed by atoms with Gasteiger partial charge in [0, 0.05) is 5.56 Å². The largest absolute Gasteiger partial charge is 0.203 e. The summed E-state index contributed by atoms with van der Waals surface area (Å²) in [6.07, 6.45) is 25.4. The molecule has 0 heterocycles. The summed E-state index contributed by atoms with van der Waals surface area (Å²) in [5.74, 6) is 0.814. The van der Waals surface area contributed by atoms with Crippen LogP contribution in [0.25, 0.3) is 5.57 Å². The van der Waals surface area contributed by atoms with Crippen LogP contribution in [-0.4, -0.2) is 0 Å². The van der Waals surface area contributed by atoms with Gasteiger partial charge in [0.15, 0.2) is 11.6 Å². The zero-order valence-corrected chi connectivity index (χ0v) is 19.8. The molecule has 1 unspecified atom stereocenters. The molecule has 2 aliphatic rings. The van der Waals surface area contributed by atoms with Gasteiger partial charge in [0.25, 0.3) is 0 Å².